The molecular weight excluding hydrogens is 356 g/mol. The molecule has 0 saturated heterocycles. The summed E-state index contributed by atoms with van der Waals surface area (Å²) in [4.78, 5) is 0. The van der Waals surface area contributed by atoms with Crippen LogP contribution in [-0.2, 0) is 0 Å². The lowest BCUT2D eigenvalue weighted by Crippen LogP contribution is -2.43. The Morgan fingerprint density at radius 3 is 2.41 bits per heavy atom. The molecule has 4 aliphatic rings. The smallest absolute Gasteiger partial charge is 0.0288 e. The summed E-state index contributed by atoms with van der Waals surface area (Å²) in [6, 6.07) is 0. The number of unbranched alkanes of at least 4 members (excludes halogenated alkanes) is 1. The number of rotatable bonds is 6. The van der Waals surface area contributed by atoms with E-state index in [0.29, 0.717) is 0 Å². The second kappa shape index (κ2) is 8.66. The van der Waals surface area contributed by atoms with E-state index in [1.54, 1.807) is 57.8 Å². The molecule has 0 N–H and O–H groups in total. The summed E-state index contributed by atoms with van der Waals surface area (Å²) in [7, 11) is -1.03. The van der Waals surface area contributed by atoms with Gasteiger partial charge in [-0.1, -0.05) is 90.8 Å². The Kier molecular flexibility index (Phi) is 6.64. The average molecular weight is 405 g/mol. The molecule has 0 aromatic rings. The fourth-order valence-corrected chi connectivity index (χ4v) is 22.4. The maximum atomic E-state index is 2.88. The zero-order chi connectivity index (χ0) is 19.1. The minimum atomic E-state index is -0.535. The third-order valence-corrected chi connectivity index (χ3v) is 24.8. The molecule has 4 aliphatic carbocycles. The molecule has 27 heavy (non-hydrogen) atoms. The third kappa shape index (κ3) is 3.92. The molecule has 0 nitrogen and oxygen atoms in total. The van der Waals surface area contributed by atoms with E-state index in [1.807, 2.05) is 0 Å². The SMILES string of the molecule is CCCCC1CCC([SiH](C)[SiH](C)C2C(C)CC3C(C)C4CCCC4CC32)C1. The van der Waals surface area contributed by atoms with Crippen LogP contribution in [0, 0.1) is 41.4 Å². The van der Waals surface area contributed by atoms with Crippen LogP contribution in [0.1, 0.15) is 91.4 Å². The fourth-order valence-electron chi connectivity index (χ4n) is 9.16. The molecule has 0 aromatic heterocycles. The molecule has 0 radical (unpaired) electrons. The Morgan fingerprint density at radius 1 is 0.815 bits per heavy atom. The predicted octanol–water partition coefficient (Wildman–Crippen LogP) is 7.24. The molecule has 0 aliphatic heterocycles. The van der Waals surface area contributed by atoms with E-state index in [-0.39, 0.29) is 0 Å². The normalized spacial score (nSPS) is 49.0. The van der Waals surface area contributed by atoms with Gasteiger partial charge in [0.15, 0.2) is 0 Å². The molecule has 4 saturated carbocycles. The number of hydrogen-bond donors (Lipinski definition) is 0. The molecular formula is C25H48Si2. The molecule has 0 amide bonds. The highest BCUT2D eigenvalue weighted by Crippen LogP contribution is 2.61. The highest BCUT2D eigenvalue weighted by molar-refractivity contribution is 7.22. The van der Waals surface area contributed by atoms with Crippen molar-refractivity contribution in [3.05, 3.63) is 0 Å². The molecule has 2 heteroatoms. The molecule has 0 bridgehead atoms. The van der Waals surface area contributed by atoms with E-state index >= 15 is 0 Å². The van der Waals surface area contributed by atoms with Gasteiger partial charge < -0.3 is 0 Å². The summed E-state index contributed by atoms with van der Waals surface area (Å²) >= 11 is 0. The summed E-state index contributed by atoms with van der Waals surface area (Å²) in [6.07, 6.45) is 17.3. The van der Waals surface area contributed by atoms with E-state index < -0.39 is 16.6 Å². The van der Waals surface area contributed by atoms with Crippen molar-refractivity contribution in [2.75, 3.05) is 0 Å². The van der Waals surface area contributed by atoms with Crippen LogP contribution in [0.25, 0.3) is 0 Å². The van der Waals surface area contributed by atoms with Crippen molar-refractivity contribution in [3.8, 4) is 0 Å². The lowest BCUT2D eigenvalue weighted by molar-refractivity contribution is 0.0849. The third-order valence-electron chi connectivity index (χ3n) is 10.7. The van der Waals surface area contributed by atoms with E-state index in [4.69, 9.17) is 0 Å². The quantitative estimate of drug-likeness (QED) is 0.409. The van der Waals surface area contributed by atoms with Gasteiger partial charge >= 0.3 is 0 Å². The van der Waals surface area contributed by atoms with Crippen LogP contribution in [0.5, 0.6) is 0 Å². The maximum Gasteiger partial charge on any atom is 0.0288 e. The highest BCUT2D eigenvalue weighted by atomic mass is 29.2. The Balaban J connectivity index is 1.41. The van der Waals surface area contributed by atoms with Crippen LogP contribution < -0.4 is 0 Å². The molecule has 11 atom stereocenters. The first-order valence-electron chi connectivity index (χ1n) is 13.0. The van der Waals surface area contributed by atoms with Crippen molar-refractivity contribution in [2.45, 2.75) is 116 Å². The highest BCUT2D eigenvalue weighted by Gasteiger charge is 2.53. The second-order valence-electron chi connectivity index (χ2n) is 11.9. The van der Waals surface area contributed by atoms with Gasteiger partial charge in [-0.2, -0.15) is 0 Å². The van der Waals surface area contributed by atoms with Gasteiger partial charge in [-0.25, -0.2) is 0 Å². The van der Waals surface area contributed by atoms with Gasteiger partial charge in [-0.3, -0.25) is 0 Å². The Morgan fingerprint density at radius 2 is 1.63 bits per heavy atom. The molecule has 0 spiro atoms. The lowest BCUT2D eigenvalue weighted by Gasteiger charge is -2.44. The van der Waals surface area contributed by atoms with Crippen LogP contribution in [0.15, 0.2) is 0 Å². The van der Waals surface area contributed by atoms with E-state index in [9.17, 15) is 0 Å². The number of fused-ring (bicyclic) bond motifs is 2. The fraction of sp³-hybridized carbons (Fsp3) is 1.00. The van der Waals surface area contributed by atoms with Crippen LogP contribution in [-0.4, -0.2) is 16.6 Å². The van der Waals surface area contributed by atoms with Crippen molar-refractivity contribution in [1.29, 1.82) is 0 Å². The molecule has 4 rings (SSSR count). The summed E-state index contributed by atoms with van der Waals surface area (Å²) < 4.78 is 0. The average Bonchev–Trinajstić information content (AvgIpc) is 3.37. The number of hydrogen-bond acceptors (Lipinski definition) is 0. The molecule has 156 valence electrons. The predicted molar refractivity (Wildman–Crippen MR) is 126 cm³/mol. The van der Waals surface area contributed by atoms with Crippen LogP contribution in [0.2, 0.25) is 24.2 Å². The van der Waals surface area contributed by atoms with Gasteiger partial charge in [-0.05, 0) is 66.2 Å². The monoisotopic (exact) mass is 404 g/mol. The summed E-state index contributed by atoms with van der Waals surface area (Å²) in [5, 5.41) is 0. The summed E-state index contributed by atoms with van der Waals surface area (Å²) in [6.45, 7) is 13.5. The maximum absolute atomic E-state index is 2.88. The second-order valence-corrected chi connectivity index (χ2v) is 23.3. The first-order chi connectivity index (χ1) is 13.0. The molecule has 4 fully saturated rings. The molecule has 11 unspecified atom stereocenters. The summed E-state index contributed by atoms with van der Waals surface area (Å²) in [5.41, 5.74) is 2.47. The standard InChI is InChI=1S/C25H48Si2/c1-6-7-9-19-12-13-21(15-19)26(4)27(5)25-17(2)14-23-18(3)22-11-8-10-20(22)16-24(23)25/h17-27H,6-16H2,1-5H3. The van der Waals surface area contributed by atoms with E-state index in [1.165, 1.54) is 29.8 Å². The van der Waals surface area contributed by atoms with Crippen molar-refractivity contribution in [2.24, 2.45) is 41.4 Å². The van der Waals surface area contributed by atoms with Gasteiger partial charge in [0, 0.05) is 16.6 Å². The van der Waals surface area contributed by atoms with Crippen molar-refractivity contribution >= 4 is 16.6 Å². The van der Waals surface area contributed by atoms with Crippen LogP contribution >= 0.6 is 0 Å². The van der Waals surface area contributed by atoms with Crippen molar-refractivity contribution < 1.29 is 0 Å². The minimum Gasteiger partial charge on any atom is -0.0739 e. The van der Waals surface area contributed by atoms with E-state index in [0.717, 1.165) is 35.5 Å². The van der Waals surface area contributed by atoms with Crippen LogP contribution in [0.3, 0.4) is 0 Å². The minimum absolute atomic E-state index is 0.490. The van der Waals surface area contributed by atoms with E-state index in [2.05, 4.69) is 33.9 Å². The topological polar surface area (TPSA) is 0 Å². The molecule has 0 aromatic carbocycles. The zero-order valence-electron chi connectivity index (χ0n) is 19.1. The van der Waals surface area contributed by atoms with Gasteiger partial charge in [0.05, 0.1) is 0 Å². The van der Waals surface area contributed by atoms with Gasteiger partial charge in [-0.15, -0.1) is 0 Å². The van der Waals surface area contributed by atoms with Crippen molar-refractivity contribution in [1.82, 2.24) is 0 Å². The van der Waals surface area contributed by atoms with Gasteiger partial charge in [0.1, 0.15) is 0 Å². The molecule has 0 heterocycles. The Labute approximate surface area is 173 Å². The lowest BCUT2D eigenvalue weighted by atomic mass is 9.65. The van der Waals surface area contributed by atoms with Gasteiger partial charge in [0.2, 0.25) is 0 Å². The van der Waals surface area contributed by atoms with Crippen molar-refractivity contribution in [3.63, 3.8) is 0 Å². The Bertz CT molecular complexity index is 491. The first kappa shape index (κ1) is 20.7. The zero-order valence-corrected chi connectivity index (χ0v) is 21.4. The van der Waals surface area contributed by atoms with Gasteiger partial charge in [0.25, 0.3) is 0 Å². The van der Waals surface area contributed by atoms with Crippen LogP contribution in [0.4, 0.5) is 0 Å². The Hall–Kier alpha value is 0.434. The summed E-state index contributed by atoms with van der Waals surface area (Å²) in [5.74, 6) is 7.82. The first-order valence-corrected chi connectivity index (χ1v) is 19.3. The largest absolute Gasteiger partial charge is 0.0739 e.